The van der Waals surface area contributed by atoms with Crippen LogP contribution in [-0.2, 0) is 9.53 Å². The summed E-state index contributed by atoms with van der Waals surface area (Å²) in [6.07, 6.45) is -0.210. The fourth-order valence-corrected chi connectivity index (χ4v) is 1.29. The molecule has 0 radical (unpaired) electrons. The van der Waals surface area contributed by atoms with Crippen molar-refractivity contribution in [3.05, 3.63) is 35.4 Å². The highest BCUT2D eigenvalue weighted by atomic mass is 16.5. The van der Waals surface area contributed by atoms with Crippen LogP contribution in [0, 0.1) is 23.2 Å². The summed E-state index contributed by atoms with van der Waals surface area (Å²) in [7, 11) is 0. The van der Waals surface area contributed by atoms with Gasteiger partial charge in [0, 0.05) is 17.0 Å². The van der Waals surface area contributed by atoms with Crippen LogP contribution in [0.2, 0.25) is 0 Å². The number of benzene rings is 1. The first-order valence-corrected chi connectivity index (χ1v) is 5.37. The third kappa shape index (κ3) is 3.77. The van der Waals surface area contributed by atoms with E-state index in [1.807, 2.05) is 0 Å². The largest absolute Gasteiger partial charge is 0.456 e. The summed E-state index contributed by atoms with van der Waals surface area (Å²) in [6.45, 7) is 1.94. The summed E-state index contributed by atoms with van der Waals surface area (Å²) in [5.41, 5.74) is 0.765. The van der Waals surface area contributed by atoms with Crippen LogP contribution in [0.1, 0.15) is 29.3 Å². The first-order chi connectivity index (χ1) is 8.69. The van der Waals surface area contributed by atoms with Gasteiger partial charge in [-0.3, -0.25) is 4.79 Å². The minimum Gasteiger partial charge on any atom is -0.456 e. The van der Waals surface area contributed by atoms with E-state index < -0.39 is 5.97 Å². The molecule has 1 aromatic rings. The Morgan fingerprint density at radius 2 is 2.06 bits per heavy atom. The van der Waals surface area contributed by atoms with Gasteiger partial charge in [-0.1, -0.05) is 24.1 Å². The van der Waals surface area contributed by atoms with Crippen LogP contribution in [0.3, 0.4) is 0 Å². The second-order valence-corrected chi connectivity index (χ2v) is 3.27. The van der Waals surface area contributed by atoms with Crippen molar-refractivity contribution in [3.63, 3.8) is 0 Å². The maximum Gasteiger partial charge on any atom is 0.384 e. The molecule has 0 amide bonds. The monoisotopic (exact) mass is 241 g/mol. The number of nitriles is 1. The molecule has 0 N–H and O–H groups in total. The molecule has 0 aliphatic carbocycles. The van der Waals surface area contributed by atoms with Crippen molar-refractivity contribution in [2.75, 3.05) is 6.61 Å². The van der Waals surface area contributed by atoms with Crippen molar-refractivity contribution in [2.45, 2.75) is 13.3 Å². The zero-order valence-electron chi connectivity index (χ0n) is 9.90. The van der Waals surface area contributed by atoms with E-state index in [9.17, 15) is 9.59 Å². The van der Waals surface area contributed by atoms with Crippen molar-refractivity contribution in [3.8, 4) is 17.9 Å². The molecule has 0 saturated carbocycles. The van der Waals surface area contributed by atoms with Crippen LogP contribution in [0.15, 0.2) is 24.3 Å². The lowest BCUT2D eigenvalue weighted by Gasteiger charge is -1.99. The van der Waals surface area contributed by atoms with Crippen LogP contribution in [0.4, 0.5) is 0 Å². The van der Waals surface area contributed by atoms with Crippen molar-refractivity contribution >= 4 is 11.8 Å². The summed E-state index contributed by atoms with van der Waals surface area (Å²) >= 11 is 0. The standard InChI is InChI=1S/C14H11NO3/c1-2-18-14(17)8-7-11-5-3-4-6-12(11)13(16)9-10-15/h3-6H,2,9H2,1H3. The number of ether oxygens (including phenoxy) is 1. The van der Waals surface area contributed by atoms with Gasteiger partial charge in [0.1, 0.15) is 0 Å². The van der Waals surface area contributed by atoms with E-state index in [0.717, 1.165) is 0 Å². The quantitative estimate of drug-likeness (QED) is 0.459. The summed E-state index contributed by atoms with van der Waals surface area (Å²) in [6, 6.07) is 8.38. The normalized spacial score (nSPS) is 8.67. The predicted octanol–water partition coefficient (Wildman–Crippen LogP) is 1.70. The molecule has 1 rings (SSSR count). The Bertz CT molecular complexity index is 558. The van der Waals surface area contributed by atoms with Gasteiger partial charge in [-0.25, -0.2) is 4.79 Å². The lowest BCUT2D eigenvalue weighted by molar-refractivity contribution is -0.136. The number of carbonyl (C=O) groups is 2. The van der Waals surface area contributed by atoms with E-state index in [1.54, 1.807) is 37.3 Å². The van der Waals surface area contributed by atoms with E-state index >= 15 is 0 Å². The number of hydrogen-bond donors (Lipinski definition) is 0. The SMILES string of the molecule is CCOC(=O)C#Cc1ccccc1C(=O)CC#N. The molecule has 0 atom stereocenters. The summed E-state index contributed by atoms with van der Waals surface area (Å²) < 4.78 is 4.66. The number of hydrogen-bond acceptors (Lipinski definition) is 4. The van der Waals surface area contributed by atoms with E-state index in [4.69, 9.17) is 5.26 Å². The van der Waals surface area contributed by atoms with E-state index in [2.05, 4.69) is 16.6 Å². The van der Waals surface area contributed by atoms with Gasteiger partial charge in [-0.05, 0) is 13.0 Å². The molecule has 0 unspecified atom stereocenters. The fraction of sp³-hybridized carbons (Fsp3) is 0.214. The third-order valence-electron chi connectivity index (χ3n) is 2.04. The second kappa shape index (κ2) is 6.88. The highest BCUT2D eigenvalue weighted by Crippen LogP contribution is 2.09. The highest BCUT2D eigenvalue weighted by molar-refractivity contribution is 6.00. The summed E-state index contributed by atoms with van der Waals surface area (Å²) in [5.74, 6) is 3.92. The van der Waals surface area contributed by atoms with Crippen molar-refractivity contribution < 1.29 is 14.3 Å². The molecule has 0 saturated heterocycles. The Kier molecular flexibility index (Phi) is 5.15. The Morgan fingerprint density at radius 1 is 1.33 bits per heavy atom. The van der Waals surface area contributed by atoms with Gasteiger partial charge in [-0.2, -0.15) is 5.26 Å². The fourth-order valence-electron chi connectivity index (χ4n) is 1.29. The van der Waals surface area contributed by atoms with Gasteiger partial charge in [-0.15, -0.1) is 0 Å². The lowest BCUT2D eigenvalue weighted by Crippen LogP contribution is -2.02. The molecule has 0 spiro atoms. The molecule has 90 valence electrons. The Balaban J connectivity index is 3.00. The molecule has 0 aromatic heterocycles. The molecule has 0 aliphatic heterocycles. The van der Waals surface area contributed by atoms with Gasteiger partial charge in [0.25, 0.3) is 0 Å². The minimum absolute atomic E-state index is 0.210. The molecule has 18 heavy (non-hydrogen) atoms. The third-order valence-corrected chi connectivity index (χ3v) is 2.04. The first kappa shape index (κ1) is 13.5. The molecule has 0 aliphatic rings. The van der Waals surface area contributed by atoms with Crippen LogP contribution in [0.5, 0.6) is 0 Å². The molecule has 0 bridgehead atoms. The number of nitrogens with zero attached hydrogens (tertiary/aromatic N) is 1. The number of Topliss-reactive ketones (excluding diaryl/α,β-unsaturated/α-hetero) is 1. The van der Waals surface area contributed by atoms with Crippen molar-refractivity contribution in [1.29, 1.82) is 5.26 Å². The van der Waals surface area contributed by atoms with Crippen LogP contribution in [-0.4, -0.2) is 18.4 Å². The zero-order chi connectivity index (χ0) is 13.4. The van der Waals surface area contributed by atoms with Gasteiger partial charge in [0.15, 0.2) is 5.78 Å². The molecule has 0 fully saturated rings. The summed E-state index contributed by atoms with van der Waals surface area (Å²) in [4.78, 5) is 22.7. The molecule has 4 heteroatoms. The number of ketones is 1. The summed E-state index contributed by atoms with van der Waals surface area (Å²) in [5, 5.41) is 8.50. The minimum atomic E-state index is -0.639. The first-order valence-electron chi connectivity index (χ1n) is 5.37. The second-order valence-electron chi connectivity index (χ2n) is 3.27. The Morgan fingerprint density at radius 3 is 2.72 bits per heavy atom. The molecular formula is C14H11NO3. The molecular weight excluding hydrogens is 230 g/mol. The van der Waals surface area contributed by atoms with Crippen LogP contribution in [0.25, 0.3) is 0 Å². The molecule has 4 nitrogen and oxygen atoms in total. The predicted molar refractivity (Wildman–Crippen MR) is 64.5 cm³/mol. The van der Waals surface area contributed by atoms with Crippen LogP contribution >= 0.6 is 0 Å². The van der Waals surface area contributed by atoms with Crippen molar-refractivity contribution in [1.82, 2.24) is 0 Å². The maximum absolute atomic E-state index is 11.6. The van der Waals surface area contributed by atoms with E-state index in [1.165, 1.54) is 0 Å². The average molecular weight is 241 g/mol. The maximum atomic E-state index is 11.6. The van der Waals surface area contributed by atoms with Crippen molar-refractivity contribution in [2.24, 2.45) is 0 Å². The smallest absolute Gasteiger partial charge is 0.384 e. The number of rotatable bonds is 3. The van der Waals surface area contributed by atoms with E-state index in [-0.39, 0.29) is 18.8 Å². The Hall–Kier alpha value is -2.59. The zero-order valence-corrected chi connectivity index (χ0v) is 9.90. The average Bonchev–Trinajstić information content (AvgIpc) is 2.37. The van der Waals surface area contributed by atoms with Gasteiger partial charge in [0.2, 0.25) is 0 Å². The van der Waals surface area contributed by atoms with E-state index in [0.29, 0.717) is 11.1 Å². The lowest BCUT2D eigenvalue weighted by atomic mass is 10.0. The Labute approximate surface area is 105 Å². The van der Waals surface area contributed by atoms with Gasteiger partial charge >= 0.3 is 5.97 Å². The molecule has 0 heterocycles. The van der Waals surface area contributed by atoms with Gasteiger partial charge < -0.3 is 4.74 Å². The number of esters is 1. The topological polar surface area (TPSA) is 67.2 Å². The highest BCUT2D eigenvalue weighted by Gasteiger charge is 2.08. The van der Waals surface area contributed by atoms with Crippen LogP contribution < -0.4 is 0 Å². The van der Waals surface area contributed by atoms with Gasteiger partial charge in [0.05, 0.1) is 19.1 Å². The molecule has 1 aromatic carbocycles. The number of carbonyl (C=O) groups excluding carboxylic acids is 2.